The molecule has 5 nitrogen and oxygen atoms in total. The predicted molar refractivity (Wildman–Crippen MR) is 96.0 cm³/mol. The van der Waals surface area contributed by atoms with E-state index in [4.69, 9.17) is 0 Å². The van der Waals surface area contributed by atoms with Crippen molar-refractivity contribution < 1.29 is 4.79 Å². The third kappa shape index (κ3) is 3.12. The highest BCUT2D eigenvalue weighted by Crippen LogP contribution is 2.17. The fourth-order valence-electron chi connectivity index (χ4n) is 2.70. The largest absolute Gasteiger partial charge is 0.325 e. The molecule has 25 heavy (non-hydrogen) atoms. The molecule has 1 unspecified atom stereocenters. The molecule has 1 N–H and O–H groups in total. The summed E-state index contributed by atoms with van der Waals surface area (Å²) >= 11 is 0. The molecule has 0 spiro atoms. The summed E-state index contributed by atoms with van der Waals surface area (Å²) in [5, 5.41) is 12.1. The Bertz CT molecular complexity index is 963. The lowest BCUT2D eigenvalue weighted by molar-refractivity contribution is 0.0923. The normalized spacial score (nSPS) is 12.0. The van der Waals surface area contributed by atoms with Gasteiger partial charge in [-0.15, -0.1) is 0 Å². The van der Waals surface area contributed by atoms with Crippen LogP contribution in [0.15, 0.2) is 84.9 Å². The number of rotatable bonds is 4. The first-order chi connectivity index (χ1) is 12.3. The minimum Gasteiger partial charge on any atom is -0.325 e. The van der Waals surface area contributed by atoms with E-state index in [2.05, 4.69) is 15.5 Å². The second kappa shape index (κ2) is 6.57. The highest BCUT2D eigenvalue weighted by molar-refractivity contribution is 5.94. The monoisotopic (exact) mass is 328 g/mol. The first kappa shape index (κ1) is 15.1. The van der Waals surface area contributed by atoms with Gasteiger partial charge in [0, 0.05) is 5.56 Å². The third-order valence-corrected chi connectivity index (χ3v) is 3.95. The number of carbonyl (C=O) groups is 1. The fraction of sp³-hybridized carbons (Fsp3) is 0.0500. The molecule has 4 aromatic rings. The molecule has 1 amide bonds. The molecule has 1 aromatic heterocycles. The van der Waals surface area contributed by atoms with Crippen LogP contribution in [0.2, 0.25) is 0 Å². The first-order valence-corrected chi connectivity index (χ1v) is 8.04. The Morgan fingerprint density at radius 3 is 1.88 bits per heavy atom. The lowest BCUT2D eigenvalue weighted by atomic mass is 10.1. The maximum atomic E-state index is 12.6. The number of nitrogens with one attached hydrogen (secondary N) is 1. The highest BCUT2D eigenvalue weighted by Gasteiger charge is 2.20. The van der Waals surface area contributed by atoms with Gasteiger partial charge in [-0.3, -0.25) is 4.79 Å². The van der Waals surface area contributed by atoms with Crippen LogP contribution in [-0.4, -0.2) is 20.9 Å². The van der Waals surface area contributed by atoms with Gasteiger partial charge in [-0.05, 0) is 29.8 Å². The molecular formula is C20H16N4O. The molecule has 0 aliphatic heterocycles. The molecule has 0 bridgehead atoms. The summed E-state index contributed by atoms with van der Waals surface area (Å²) in [4.78, 5) is 14.2. The van der Waals surface area contributed by atoms with Crippen molar-refractivity contribution in [3.63, 3.8) is 0 Å². The topological polar surface area (TPSA) is 59.8 Å². The Hall–Kier alpha value is -3.47. The van der Waals surface area contributed by atoms with E-state index in [0.717, 1.165) is 16.6 Å². The van der Waals surface area contributed by atoms with Gasteiger partial charge in [-0.2, -0.15) is 15.0 Å². The summed E-state index contributed by atoms with van der Waals surface area (Å²) in [6.07, 6.45) is -0.485. The van der Waals surface area contributed by atoms with Crippen LogP contribution in [0.5, 0.6) is 0 Å². The van der Waals surface area contributed by atoms with E-state index in [-0.39, 0.29) is 5.91 Å². The van der Waals surface area contributed by atoms with E-state index >= 15 is 0 Å². The van der Waals surface area contributed by atoms with E-state index in [1.165, 1.54) is 0 Å². The van der Waals surface area contributed by atoms with E-state index in [1.807, 2.05) is 72.8 Å². The summed E-state index contributed by atoms with van der Waals surface area (Å²) < 4.78 is 0. The molecule has 4 rings (SSSR count). The minimum atomic E-state index is -0.485. The van der Waals surface area contributed by atoms with E-state index in [0.29, 0.717) is 5.56 Å². The van der Waals surface area contributed by atoms with Gasteiger partial charge in [0.05, 0.1) is 0 Å². The van der Waals surface area contributed by atoms with Crippen LogP contribution < -0.4 is 5.32 Å². The van der Waals surface area contributed by atoms with Gasteiger partial charge in [-0.1, -0.05) is 60.7 Å². The van der Waals surface area contributed by atoms with Crippen molar-refractivity contribution in [3.05, 3.63) is 96.1 Å². The van der Waals surface area contributed by atoms with E-state index < -0.39 is 6.17 Å². The SMILES string of the molecule is O=C(NC(c1ccccc1)n1nc2ccccc2n1)c1ccccc1. The van der Waals surface area contributed by atoms with Gasteiger partial charge in [0.1, 0.15) is 11.0 Å². The van der Waals surface area contributed by atoms with Gasteiger partial charge in [-0.25, -0.2) is 0 Å². The number of fused-ring (bicyclic) bond motifs is 1. The zero-order valence-electron chi connectivity index (χ0n) is 13.4. The lowest BCUT2D eigenvalue weighted by Crippen LogP contribution is -2.34. The number of hydrogen-bond acceptors (Lipinski definition) is 3. The molecular weight excluding hydrogens is 312 g/mol. The van der Waals surface area contributed by atoms with Crippen LogP contribution >= 0.6 is 0 Å². The Morgan fingerprint density at radius 1 is 0.760 bits per heavy atom. The highest BCUT2D eigenvalue weighted by atomic mass is 16.1. The van der Waals surface area contributed by atoms with Gasteiger partial charge >= 0.3 is 0 Å². The molecule has 1 atom stereocenters. The van der Waals surface area contributed by atoms with Gasteiger partial charge in [0.25, 0.3) is 5.91 Å². The first-order valence-electron chi connectivity index (χ1n) is 8.04. The van der Waals surface area contributed by atoms with Crippen LogP contribution in [-0.2, 0) is 0 Å². The summed E-state index contributed by atoms with van der Waals surface area (Å²) in [6, 6.07) is 26.5. The van der Waals surface area contributed by atoms with Crippen LogP contribution in [0.1, 0.15) is 22.1 Å². The fourth-order valence-corrected chi connectivity index (χ4v) is 2.70. The lowest BCUT2D eigenvalue weighted by Gasteiger charge is -2.18. The molecule has 0 aliphatic rings. The predicted octanol–water partition coefficient (Wildman–Crippen LogP) is 3.41. The number of benzene rings is 3. The number of aromatic nitrogens is 3. The summed E-state index contributed by atoms with van der Waals surface area (Å²) in [5.41, 5.74) is 3.09. The Morgan fingerprint density at radius 2 is 1.28 bits per heavy atom. The summed E-state index contributed by atoms with van der Waals surface area (Å²) in [6.45, 7) is 0. The molecule has 3 aromatic carbocycles. The molecule has 122 valence electrons. The average Bonchev–Trinajstić information content (AvgIpc) is 3.11. The van der Waals surface area contributed by atoms with Crippen molar-refractivity contribution in [2.45, 2.75) is 6.17 Å². The Kier molecular flexibility index (Phi) is 3.96. The number of carbonyl (C=O) groups excluding carboxylic acids is 1. The van der Waals surface area contributed by atoms with Gasteiger partial charge in [0.15, 0.2) is 6.17 Å². The Balaban J connectivity index is 1.73. The van der Waals surface area contributed by atoms with E-state index in [1.54, 1.807) is 16.9 Å². The van der Waals surface area contributed by atoms with E-state index in [9.17, 15) is 4.79 Å². The second-order valence-corrected chi connectivity index (χ2v) is 5.66. The van der Waals surface area contributed by atoms with Gasteiger partial charge in [0.2, 0.25) is 0 Å². The Labute approximate surface area is 144 Å². The molecule has 0 aliphatic carbocycles. The number of amides is 1. The smallest absolute Gasteiger partial charge is 0.253 e. The molecule has 0 saturated carbocycles. The zero-order chi connectivity index (χ0) is 17.1. The molecule has 0 radical (unpaired) electrons. The molecule has 0 fully saturated rings. The van der Waals surface area contributed by atoms with Gasteiger partial charge < -0.3 is 5.32 Å². The standard InChI is InChI=1S/C20H16N4O/c25-20(16-11-5-2-6-12-16)21-19(15-9-3-1-4-10-15)24-22-17-13-7-8-14-18(17)23-24/h1-14,19H,(H,21,25). The molecule has 1 heterocycles. The van der Waals surface area contributed by atoms with Crippen molar-refractivity contribution in [2.75, 3.05) is 0 Å². The second-order valence-electron chi connectivity index (χ2n) is 5.66. The van der Waals surface area contributed by atoms with Crippen LogP contribution in [0.25, 0.3) is 11.0 Å². The van der Waals surface area contributed by atoms with Crippen molar-refractivity contribution in [1.82, 2.24) is 20.3 Å². The third-order valence-electron chi connectivity index (χ3n) is 3.95. The minimum absolute atomic E-state index is 0.171. The molecule has 5 heteroatoms. The zero-order valence-corrected chi connectivity index (χ0v) is 13.4. The van der Waals surface area contributed by atoms with Crippen molar-refractivity contribution >= 4 is 16.9 Å². The molecule has 0 saturated heterocycles. The van der Waals surface area contributed by atoms with Crippen molar-refractivity contribution in [1.29, 1.82) is 0 Å². The van der Waals surface area contributed by atoms with Crippen molar-refractivity contribution in [3.8, 4) is 0 Å². The quantitative estimate of drug-likeness (QED) is 0.624. The van der Waals surface area contributed by atoms with Crippen LogP contribution in [0, 0.1) is 0 Å². The summed E-state index contributed by atoms with van der Waals surface area (Å²) in [7, 11) is 0. The number of nitrogens with zero attached hydrogens (tertiary/aromatic N) is 3. The number of hydrogen-bond donors (Lipinski definition) is 1. The maximum Gasteiger partial charge on any atom is 0.253 e. The summed E-state index contributed by atoms with van der Waals surface area (Å²) in [5.74, 6) is -0.171. The average molecular weight is 328 g/mol. The van der Waals surface area contributed by atoms with Crippen LogP contribution in [0.4, 0.5) is 0 Å². The maximum absolute atomic E-state index is 12.6. The van der Waals surface area contributed by atoms with Crippen LogP contribution in [0.3, 0.4) is 0 Å². The van der Waals surface area contributed by atoms with Crippen molar-refractivity contribution in [2.24, 2.45) is 0 Å².